The highest BCUT2D eigenvalue weighted by molar-refractivity contribution is 7.92. The van der Waals surface area contributed by atoms with Crippen molar-refractivity contribution in [1.29, 1.82) is 0 Å². The van der Waals surface area contributed by atoms with Crippen molar-refractivity contribution in [1.82, 2.24) is 5.32 Å². The number of rotatable bonds is 9. The highest BCUT2D eigenvalue weighted by atomic mass is 32.2. The Bertz CT molecular complexity index is 920. The van der Waals surface area contributed by atoms with Crippen molar-refractivity contribution in [2.24, 2.45) is 0 Å². The zero-order valence-corrected chi connectivity index (χ0v) is 18.5. The van der Waals surface area contributed by atoms with Crippen LogP contribution in [0.4, 0.5) is 5.69 Å². The number of benzene rings is 2. The maximum Gasteiger partial charge on any atom is 0.244 e. The topological polar surface area (TPSA) is 75.7 Å². The molecule has 0 unspecified atom stereocenters. The molecule has 0 heterocycles. The molecular weight excluding hydrogens is 388 g/mol. The zero-order chi connectivity index (χ0) is 21.6. The van der Waals surface area contributed by atoms with E-state index in [0.717, 1.165) is 28.7 Å². The van der Waals surface area contributed by atoms with Crippen LogP contribution in [0.3, 0.4) is 0 Å². The molecule has 2 aromatic carbocycles. The number of hydrogen-bond donors (Lipinski definition) is 1. The molecule has 158 valence electrons. The van der Waals surface area contributed by atoms with E-state index < -0.39 is 16.1 Å². The smallest absolute Gasteiger partial charge is 0.244 e. The van der Waals surface area contributed by atoms with Gasteiger partial charge < -0.3 is 10.1 Å². The lowest BCUT2D eigenvalue weighted by Crippen LogP contribution is -2.50. The van der Waals surface area contributed by atoms with Gasteiger partial charge in [-0.05, 0) is 62.6 Å². The van der Waals surface area contributed by atoms with Crippen molar-refractivity contribution in [3.8, 4) is 5.75 Å². The van der Waals surface area contributed by atoms with Crippen LogP contribution < -0.4 is 14.4 Å². The minimum Gasteiger partial charge on any atom is -0.492 e. The Labute approximate surface area is 173 Å². The number of sulfonamides is 1. The van der Waals surface area contributed by atoms with Gasteiger partial charge in [-0.1, -0.05) is 30.7 Å². The quantitative estimate of drug-likeness (QED) is 0.634. The van der Waals surface area contributed by atoms with E-state index in [-0.39, 0.29) is 12.5 Å². The molecule has 0 spiro atoms. The van der Waals surface area contributed by atoms with Crippen LogP contribution in [0.15, 0.2) is 42.5 Å². The van der Waals surface area contributed by atoms with Crippen LogP contribution in [0.5, 0.6) is 5.75 Å². The third-order valence-electron chi connectivity index (χ3n) is 4.48. The Kier molecular flexibility index (Phi) is 7.67. The summed E-state index contributed by atoms with van der Waals surface area (Å²) in [6.07, 6.45) is 1.48. The first kappa shape index (κ1) is 22.7. The molecule has 2 aromatic rings. The average molecular weight is 419 g/mol. The van der Waals surface area contributed by atoms with Gasteiger partial charge in [0.25, 0.3) is 0 Å². The average Bonchev–Trinajstić information content (AvgIpc) is 2.62. The van der Waals surface area contributed by atoms with Gasteiger partial charge in [0.2, 0.25) is 15.9 Å². The summed E-state index contributed by atoms with van der Waals surface area (Å²) >= 11 is 0. The number of anilines is 1. The first-order chi connectivity index (χ1) is 13.6. The van der Waals surface area contributed by atoms with Crippen LogP contribution in [0.1, 0.15) is 30.0 Å². The van der Waals surface area contributed by atoms with Gasteiger partial charge in [0, 0.05) is 0 Å². The summed E-state index contributed by atoms with van der Waals surface area (Å²) in [4.78, 5) is 12.8. The second-order valence-corrected chi connectivity index (χ2v) is 9.14. The van der Waals surface area contributed by atoms with Gasteiger partial charge in [-0.3, -0.25) is 9.10 Å². The molecule has 6 nitrogen and oxygen atoms in total. The van der Waals surface area contributed by atoms with Gasteiger partial charge in [0.1, 0.15) is 18.4 Å². The predicted molar refractivity (Wildman–Crippen MR) is 117 cm³/mol. The molecule has 0 aliphatic rings. The molecule has 1 amide bonds. The number of hydrogen-bond acceptors (Lipinski definition) is 4. The lowest BCUT2D eigenvalue weighted by molar-refractivity contribution is -0.122. The number of aryl methyl sites for hydroxylation is 3. The molecule has 0 fully saturated rings. The second kappa shape index (κ2) is 9.78. The summed E-state index contributed by atoms with van der Waals surface area (Å²) in [6.45, 7) is 8.19. The molecule has 0 aliphatic carbocycles. The second-order valence-electron chi connectivity index (χ2n) is 7.28. The standard InChI is InChI=1S/C22H30N2O4S/c1-6-21(22(25)23-11-12-28-20-9-7-16(2)8-10-20)24(29(5,26)27)19-14-17(3)13-18(4)15-19/h7-10,13-15,21H,6,11-12H2,1-5H3,(H,23,25)/t21-/m0/s1. The first-order valence-electron chi connectivity index (χ1n) is 9.66. The Morgan fingerprint density at radius 1 is 1.03 bits per heavy atom. The van der Waals surface area contributed by atoms with Gasteiger partial charge in [-0.2, -0.15) is 0 Å². The Balaban J connectivity index is 2.08. The minimum absolute atomic E-state index is 0.285. The Hall–Kier alpha value is -2.54. The number of ether oxygens (including phenoxy) is 1. The summed E-state index contributed by atoms with van der Waals surface area (Å²) in [7, 11) is -3.64. The molecule has 0 bridgehead atoms. The molecule has 1 N–H and O–H groups in total. The van der Waals surface area contributed by atoms with Gasteiger partial charge in [0.15, 0.2) is 0 Å². The van der Waals surface area contributed by atoms with Crippen LogP contribution >= 0.6 is 0 Å². The highest BCUT2D eigenvalue weighted by Crippen LogP contribution is 2.25. The monoisotopic (exact) mass is 418 g/mol. The number of carbonyl (C=O) groups excluding carboxylic acids is 1. The SMILES string of the molecule is CC[C@@H](C(=O)NCCOc1ccc(C)cc1)N(c1cc(C)cc(C)c1)S(C)(=O)=O. The fourth-order valence-electron chi connectivity index (χ4n) is 3.23. The summed E-state index contributed by atoms with van der Waals surface area (Å²) in [6, 6.07) is 12.4. The van der Waals surface area contributed by atoms with Crippen LogP contribution in [-0.2, 0) is 14.8 Å². The van der Waals surface area contributed by atoms with Crippen molar-refractivity contribution in [3.05, 3.63) is 59.2 Å². The van der Waals surface area contributed by atoms with Crippen LogP contribution in [0.25, 0.3) is 0 Å². The maximum atomic E-state index is 12.8. The zero-order valence-electron chi connectivity index (χ0n) is 17.7. The van der Waals surface area contributed by atoms with Crippen molar-refractivity contribution < 1.29 is 17.9 Å². The highest BCUT2D eigenvalue weighted by Gasteiger charge is 2.31. The number of amides is 1. The van der Waals surface area contributed by atoms with Crippen molar-refractivity contribution >= 4 is 21.6 Å². The molecule has 0 radical (unpaired) electrons. The number of carbonyl (C=O) groups is 1. The largest absolute Gasteiger partial charge is 0.492 e. The minimum atomic E-state index is -3.64. The van der Waals surface area contributed by atoms with Crippen molar-refractivity contribution in [2.45, 2.75) is 40.2 Å². The first-order valence-corrected chi connectivity index (χ1v) is 11.5. The molecular formula is C22H30N2O4S. The molecule has 0 saturated heterocycles. The lowest BCUT2D eigenvalue weighted by atomic mass is 10.1. The molecule has 0 aromatic heterocycles. The predicted octanol–water partition coefficient (Wildman–Crippen LogP) is 3.35. The van der Waals surface area contributed by atoms with Gasteiger partial charge in [-0.25, -0.2) is 8.42 Å². The van der Waals surface area contributed by atoms with E-state index in [9.17, 15) is 13.2 Å². The van der Waals surface area contributed by atoms with E-state index >= 15 is 0 Å². The molecule has 1 atom stereocenters. The molecule has 7 heteroatoms. The van der Waals surface area contributed by atoms with E-state index in [0.29, 0.717) is 18.7 Å². The summed E-state index contributed by atoms with van der Waals surface area (Å²) in [5.74, 6) is 0.384. The third-order valence-corrected chi connectivity index (χ3v) is 5.66. The number of nitrogens with zero attached hydrogens (tertiary/aromatic N) is 1. The summed E-state index contributed by atoms with van der Waals surface area (Å²) in [5, 5.41) is 2.80. The van der Waals surface area contributed by atoms with Crippen molar-refractivity contribution in [3.63, 3.8) is 0 Å². The maximum absolute atomic E-state index is 12.8. The third kappa shape index (κ3) is 6.49. The van der Waals surface area contributed by atoms with Gasteiger partial charge >= 0.3 is 0 Å². The Morgan fingerprint density at radius 2 is 1.62 bits per heavy atom. The van der Waals surface area contributed by atoms with E-state index in [1.54, 1.807) is 19.1 Å². The van der Waals surface area contributed by atoms with Crippen molar-refractivity contribution in [2.75, 3.05) is 23.7 Å². The van der Waals surface area contributed by atoms with Crippen LogP contribution in [0, 0.1) is 20.8 Å². The fourth-order valence-corrected chi connectivity index (χ4v) is 4.43. The Morgan fingerprint density at radius 3 is 2.14 bits per heavy atom. The van der Waals surface area contributed by atoms with E-state index in [1.165, 1.54) is 4.31 Å². The fraction of sp³-hybridized carbons (Fsp3) is 0.409. The van der Waals surface area contributed by atoms with E-state index in [2.05, 4.69) is 5.32 Å². The summed E-state index contributed by atoms with van der Waals surface area (Å²) in [5.41, 5.74) is 3.53. The normalized spacial score (nSPS) is 12.3. The number of nitrogens with one attached hydrogen (secondary N) is 1. The van der Waals surface area contributed by atoms with Gasteiger partial charge in [-0.15, -0.1) is 0 Å². The molecule has 2 rings (SSSR count). The molecule has 29 heavy (non-hydrogen) atoms. The van der Waals surface area contributed by atoms with Crippen LogP contribution in [-0.4, -0.2) is 39.8 Å². The van der Waals surface area contributed by atoms with E-state index in [4.69, 9.17) is 4.74 Å². The lowest BCUT2D eigenvalue weighted by Gasteiger charge is -2.30. The van der Waals surface area contributed by atoms with Gasteiger partial charge in [0.05, 0.1) is 18.5 Å². The molecule has 0 aliphatic heterocycles. The van der Waals surface area contributed by atoms with Crippen LogP contribution in [0.2, 0.25) is 0 Å². The van der Waals surface area contributed by atoms with E-state index in [1.807, 2.05) is 51.1 Å². The summed E-state index contributed by atoms with van der Waals surface area (Å²) < 4.78 is 31.9. The molecule has 0 saturated carbocycles.